The van der Waals surface area contributed by atoms with E-state index in [4.69, 9.17) is 10.3 Å². The van der Waals surface area contributed by atoms with Crippen LogP contribution in [0.3, 0.4) is 0 Å². The lowest BCUT2D eigenvalue weighted by atomic mass is 10.0. The van der Waals surface area contributed by atoms with E-state index in [-0.39, 0.29) is 23.8 Å². The van der Waals surface area contributed by atoms with Crippen LogP contribution < -0.4 is 5.73 Å². The van der Waals surface area contributed by atoms with Gasteiger partial charge in [-0.25, -0.2) is 4.39 Å². The Hall–Kier alpha value is -2.32. The third kappa shape index (κ3) is 4.04. The van der Waals surface area contributed by atoms with Gasteiger partial charge in [-0.3, -0.25) is 14.6 Å². The van der Waals surface area contributed by atoms with Crippen LogP contribution in [-0.2, 0) is 4.79 Å². The summed E-state index contributed by atoms with van der Waals surface area (Å²) in [6.07, 6.45) is 3.88. The van der Waals surface area contributed by atoms with Gasteiger partial charge in [-0.15, -0.1) is 0 Å². The molecule has 2 aliphatic heterocycles. The third-order valence-electron chi connectivity index (χ3n) is 6.37. The quantitative estimate of drug-likeness (QED) is 0.829. The first-order valence-corrected chi connectivity index (χ1v) is 10.3. The number of likely N-dealkylation sites (tertiary alicyclic amines) is 2. The van der Waals surface area contributed by atoms with E-state index in [2.05, 4.69) is 26.9 Å². The zero-order valence-corrected chi connectivity index (χ0v) is 17.0. The average Bonchev–Trinajstić information content (AvgIpc) is 3.39. The Bertz CT molecular complexity index is 878. The fraction of sp³-hybridized carbons (Fsp3) is 0.571. The van der Waals surface area contributed by atoms with Crippen molar-refractivity contribution in [1.29, 1.82) is 0 Å². The van der Waals surface area contributed by atoms with Crippen molar-refractivity contribution in [1.82, 2.24) is 19.9 Å². The molecule has 0 bridgehead atoms. The minimum atomic E-state index is -0.278. The van der Waals surface area contributed by atoms with Gasteiger partial charge in [0.1, 0.15) is 5.82 Å². The molecule has 1 aromatic carbocycles. The molecule has 0 aliphatic carbocycles. The van der Waals surface area contributed by atoms with E-state index in [9.17, 15) is 9.18 Å². The molecular formula is C21H28FN5O2. The highest BCUT2D eigenvalue weighted by Gasteiger charge is 2.36. The van der Waals surface area contributed by atoms with Crippen molar-refractivity contribution in [2.45, 2.75) is 57.7 Å². The van der Waals surface area contributed by atoms with E-state index in [1.54, 1.807) is 19.1 Å². The topological polar surface area (TPSA) is 88.5 Å². The minimum absolute atomic E-state index is 0.0157. The zero-order valence-electron chi connectivity index (χ0n) is 17.0. The van der Waals surface area contributed by atoms with Gasteiger partial charge in [-0.05, 0) is 57.7 Å². The van der Waals surface area contributed by atoms with Gasteiger partial charge < -0.3 is 10.3 Å². The van der Waals surface area contributed by atoms with E-state index in [0.717, 1.165) is 45.3 Å². The van der Waals surface area contributed by atoms with Crippen molar-refractivity contribution in [2.75, 3.05) is 19.6 Å². The van der Waals surface area contributed by atoms with Gasteiger partial charge in [0.15, 0.2) is 0 Å². The molecule has 1 amide bonds. The summed E-state index contributed by atoms with van der Waals surface area (Å²) in [5.41, 5.74) is 6.77. The SMILES string of the molecule is Cc1ccc(-c2noc([C@@H](C)N3CCC(N4CCC[C@H]4C(N)=O)CC3)n2)cc1F. The van der Waals surface area contributed by atoms with Crippen LogP contribution in [0, 0.1) is 12.7 Å². The first-order chi connectivity index (χ1) is 13.9. The molecule has 8 heteroatoms. The zero-order chi connectivity index (χ0) is 20.5. The number of hydrogen-bond donors (Lipinski definition) is 1. The Morgan fingerprint density at radius 3 is 2.72 bits per heavy atom. The number of carbonyl (C=O) groups is 1. The molecule has 2 atom stereocenters. The molecule has 0 unspecified atom stereocenters. The number of piperidine rings is 1. The lowest BCUT2D eigenvalue weighted by Gasteiger charge is -2.40. The molecule has 3 heterocycles. The predicted octanol–water partition coefficient (Wildman–Crippen LogP) is 2.66. The number of carbonyl (C=O) groups excluding carboxylic acids is 1. The van der Waals surface area contributed by atoms with Gasteiger partial charge >= 0.3 is 0 Å². The van der Waals surface area contributed by atoms with E-state index in [1.165, 1.54) is 6.07 Å². The Balaban J connectivity index is 1.39. The first-order valence-electron chi connectivity index (χ1n) is 10.3. The number of nitrogens with zero attached hydrogens (tertiary/aromatic N) is 4. The van der Waals surface area contributed by atoms with Crippen LogP contribution in [0.15, 0.2) is 22.7 Å². The third-order valence-corrected chi connectivity index (χ3v) is 6.37. The molecule has 0 saturated carbocycles. The summed E-state index contributed by atoms with van der Waals surface area (Å²) < 4.78 is 19.3. The van der Waals surface area contributed by atoms with Gasteiger partial charge in [-0.2, -0.15) is 4.98 Å². The summed E-state index contributed by atoms with van der Waals surface area (Å²) in [6.45, 7) is 6.51. The van der Waals surface area contributed by atoms with Crippen molar-refractivity contribution in [3.8, 4) is 11.4 Å². The fourth-order valence-corrected chi connectivity index (χ4v) is 4.55. The van der Waals surface area contributed by atoms with Crippen LogP contribution in [0.1, 0.15) is 50.1 Å². The van der Waals surface area contributed by atoms with Crippen molar-refractivity contribution in [3.05, 3.63) is 35.5 Å². The highest BCUT2D eigenvalue weighted by atomic mass is 19.1. The van der Waals surface area contributed by atoms with Crippen LogP contribution in [-0.4, -0.2) is 57.6 Å². The number of benzene rings is 1. The molecule has 7 nitrogen and oxygen atoms in total. The molecule has 2 N–H and O–H groups in total. The van der Waals surface area contributed by atoms with E-state index in [1.807, 2.05) is 0 Å². The molecule has 0 radical (unpaired) electrons. The Kier molecular flexibility index (Phi) is 5.65. The van der Waals surface area contributed by atoms with E-state index in [0.29, 0.717) is 28.9 Å². The molecule has 1 aromatic heterocycles. The molecule has 29 heavy (non-hydrogen) atoms. The predicted molar refractivity (Wildman–Crippen MR) is 106 cm³/mol. The summed E-state index contributed by atoms with van der Waals surface area (Å²) in [5, 5.41) is 4.04. The average molecular weight is 401 g/mol. The summed E-state index contributed by atoms with van der Waals surface area (Å²) >= 11 is 0. The van der Waals surface area contributed by atoms with Crippen LogP contribution in [0.25, 0.3) is 11.4 Å². The molecule has 4 rings (SSSR count). The summed E-state index contributed by atoms with van der Waals surface area (Å²) in [5.74, 6) is 0.460. The molecule has 2 aliphatic rings. The standard InChI is InChI=1S/C21H28FN5O2/c1-13-5-6-15(12-17(13)22)20-24-21(29-25-20)14(2)26-10-7-16(8-11-26)27-9-3-4-18(27)19(23)28/h5-6,12,14,16,18H,3-4,7-11H2,1-2H3,(H2,23,28)/t14-,18+/m1/s1. The maximum atomic E-state index is 13.8. The van der Waals surface area contributed by atoms with Gasteiger partial charge in [0.05, 0.1) is 12.1 Å². The van der Waals surface area contributed by atoms with Crippen molar-refractivity contribution in [3.63, 3.8) is 0 Å². The van der Waals surface area contributed by atoms with Gasteiger partial charge in [0.2, 0.25) is 17.6 Å². The van der Waals surface area contributed by atoms with E-state index >= 15 is 0 Å². The second-order valence-electron chi connectivity index (χ2n) is 8.16. The van der Waals surface area contributed by atoms with E-state index < -0.39 is 0 Å². The number of nitrogens with two attached hydrogens (primary N) is 1. The lowest BCUT2D eigenvalue weighted by molar-refractivity contribution is -0.123. The van der Waals surface area contributed by atoms with Crippen LogP contribution in [0.4, 0.5) is 4.39 Å². The number of rotatable bonds is 5. The van der Waals surface area contributed by atoms with Crippen LogP contribution in [0.2, 0.25) is 0 Å². The molecule has 2 fully saturated rings. The van der Waals surface area contributed by atoms with Crippen LogP contribution >= 0.6 is 0 Å². The summed E-state index contributed by atoms with van der Waals surface area (Å²) in [6, 6.07) is 5.22. The second-order valence-corrected chi connectivity index (χ2v) is 8.16. The Morgan fingerprint density at radius 2 is 2.03 bits per heavy atom. The number of hydrogen-bond acceptors (Lipinski definition) is 6. The largest absolute Gasteiger partial charge is 0.368 e. The number of halogens is 1. The molecule has 2 aromatic rings. The van der Waals surface area contributed by atoms with Crippen molar-refractivity contribution >= 4 is 5.91 Å². The normalized spacial score (nSPS) is 22.8. The molecular weight excluding hydrogens is 373 g/mol. The number of amides is 1. The molecule has 2 saturated heterocycles. The number of aromatic nitrogens is 2. The number of aryl methyl sites for hydroxylation is 1. The highest BCUT2D eigenvalue weighted by molar-refractivity contribution is 5.80. The minimum Gasteiger partial charge on any atom is -0.368 e. The monoisotopic (exact) mass is 401 g/mol. The van der Waals surface area contributed by atoms with Crippen molar-refractivity contribution < 1.29 is 13.7 Å². The van der Waals surface area contributed by atoms with Crippen LogP contribution in [0.5, 0.6) is 0 Å². The fourth-order valence-electron chi connectivity index (χ4n) is 4.55. The summed E-state index contributed by atoms with van der Waals surface area (Å²) in [4.78, 5) is 20.8. The van der Waals surface area contributed by atoms with Gasteiger partial charge in [0.25, 0.3) is 0 Å². The first kappa shape index (κ1) is 20.0. The van der Waals surface area contributed by atoms with Gasteiger partial charge in [-0.1, -0.05) is 17.3 Å². The maximum Gasteiger partial charge on any atom is 0.244 e. The molecule has 0 spiro atoms. The smallest absolute Gasteiger partial charge is 0.244 e. The second kappa shape index (κ2) is 8.20. The van der Waals surface area contributed by atoms with Gasteiger partial charge in [0, 0.05) is 24.7 Å². The molecule has 156 valence electrons. The summed E-state index contributed by atoms with van der Waals surface area (Å²) in [7, 11) is 0. The number of primary amides is 1. The van der Waals surface area contributed by atoms with Crippen molar-refractivity contribution in [2.24, 2.45) is 5.73 Å². The Labute approximate surface area is 170 Å². The lowest BCUT2D eigenvalue weighted by Crippen LogP contribution is -2.50. The maximum absolute atomic E-state index is 13.8. The Morgan fingerprint density at radius 1 is 1.28 bits per heavy atom. The highest BCUT2D eigenvalue weighted by Crippen LogP contribution is 2.30.